The number of sulfonamides is 1. The summed E-state index contributed by atoms with van der Waals surface area (Å²) < 4.78 is 24.2. The fraction of sp³-hybridized carbons (Fsp3) is 0. The van der Waals surface area contributed by atoms with E-state index in [1.165, 1.54) is 12.1 Å². The molecule has 20 heavy (non-hydrogen) atoms. The Balaban J connectivity index is 2.41. The van der Waals surface area contributed by atoms with Crippen molar-refractivity contribution in [3.05, 3.63) is 45.3 Å². The molecule has 0 saturated carbocycles. The second kappa shape index (κ2) is 5.72. The zero-order valence-electron chi connectivity index (χ0n) is 10.1. The molecule has 0 aliphatic carbocycles. The van der Waals surface area contributed by atoms with Crippen LogP contribution >= 0.6 is 31.9 Å². The first kappa shape index (κ1) is 15.3. The van der Waals surface area contributed by atoms with Crippen molar-refractivity contribution in [2.24, 2.45) is 5.14 Å². The average molecular weight is 421 g/mol. The molecule has 106 valence electrons. The van der Waals surface area contributed by atoms with Gasteiger partial charge in [-0.15, -0.1) is 0 Å². The van der Waals surface area contributed by atoms with Crippen molar-refractivity contribution in [2.75, 3.05) is 11.1 Å². The predicted octanol–water partition coefficient (Wildman–Crippen LogP) is 3.18. The van der Waals surface area contributed by atoms with Crippen LogP contribution in [0, 0.1) is 0 Å². The number of anilines is 3. The van der Waals surface area contributed by atoms with Crippen LogP contribution in [0.4, 0.5) is 17.1 Å². The lowest BCUT2D eigenvalue weighted by Crippen LogP contribution is -2.12. The molecule has 0 spiro atoms. The number of hydrogen-bond acceptors (Lipinski definition) is 4. The summed E-state index contributed by atoms with van der Waals surface area (Å²) in [6.07, 6.45) is 0. The number of para-hydroxylation sites is 1. The van der Waals surface area contributed by atoms with E-state index < -0.39 is 10.0 Å². The first-order valence-electron chi connectivity index (χ1n) is 5.42. The minimum atomic E-state index is -3.76. The molecule has 0 saturated heterocycles. The van der Waals surface area contributed by atoms with Crippen molar-refractivity contribution in [2.45, 2.75) is 4.90 Å². The van der Waals surface area contributed by atoms with Gasteiger partial charge in [-0.05, 0) is 62.2 Å². The van der Waals surface area contributed by atoms with Gasteiger partial charge in [0.25, 0.3) is 0 Å². The lowest BCUT2D eigenvalue weighted by atomic mass is 10.2. The molecular formula is C12H11Br2N3O2S. The normalized spacial score (nSPS) is 11.3. The van der Waals surface area contributed by atoms with E-state index in [0.29, 0.717) is 11.4 Å². The Kier molecular flexibility index (Phi) is 4.38. The SMILES string of the molecule is Nc1cc(S(N)(=O)=O)ccc1Nc1c(Br)cccc1Br. The Hall–Kier alpha value is -1.09. The Morgan fingerprint density at radius 1 is 1.05 bits per heavy atom. The highest BCUT2D eigenvalue weighted by Crippen LogP contribution is 2.35. The highest BCUT2D eigenvalue weighted by Gasteiger charge is 2.11. The first-order valence-corrected chi connectivity index (χ1v) is 8.55. The summed E-state index contributed by atoms with van der Waals surface area (Å²) in [6, 6.07) is 9.93. The molecule has 0 atom stereocenters. The lowest BCUT2D eigenvalue weighted by molar-refractivity contribution is 0.598. The molecule has 0 aliphatic heterocycles. The molecule has 0 aromatic heterocycles. The van der Waals surface area contributed by atoms with Crippen LogP contribution < -0.4 is 16.2 Å². The van der Waals surface area contributed by atoms with Crippen LogP contribution in [0.1, 0.15) is 0 Å². The third-order valence-electron chi connectivity index (χ3n) is 2.57. The van der Waals surface area contributed by atoms with Crippen LogP contribution in [0.15, 0.2) is 50.2 Å². The zero-order chi connectivity index (χ0) is 14.9. The highest BCUT2D eigenvalue weighted by molar-refractivity contribution is 9.11. The quantitative estimate of drug-likeness (QED) is 0.664. The molecule has 0 radical (unpaired) electrons. The summed E-state index contributed by atoms with van der Waals surface area (Å²) >= 11 is 6.85. The topological polar surface area (TPSA) is 98.2 Å². The Morgan fingerprint density at radius 2 is 1.65 bits per heavy atom. The van der Waals surface area contributed by atoms with E-state index >= 15 is 0 Å². The first-order chi connectivity index (χ1) is 9.29. The molecule has 0 unspecified atom stereocenters. The van der Waals surface area contributed by atoms with E-state index in [1.54, 1.807) is 6.07 Å². The molecule has 2 aromatic carbocycles. The maximum absolute atomic E-state index is 11.2. The molecule has 8 heteroatoms. The summed E-state index contributed by atoms with van der Waals surface area (Å²) in [5.41, 5.74) is 7.53. The van der Waals surface area contributed by atoms with Crippen molar-refractivity contribution >= 4 is 58.9 Å². The van der Waals surface area contributed by atoms with Crippen molar-refractivity contribution in [3.63, 3.8) is 0 Å². The van der Waals surface area contributed by atoms with Crippen LogP contribution in [0.3, 0.4) is 0 Å². The van der Waals surface area contributed by atoms with Crippen LogP contribution in [-0.2, 0) is 10.0 Å². The summed E-state index contributed by atoms with van der Waals surface area (Å²) in [5.74, 6) is 0. The second-order valence-electron chi connectivity index (χ2n) is 4.02. The van der Waals surface area contributed by atoms with Crippen LogP contribution in [0.25, 0.3) is 0 Å². The molecular weight excluding hydrogens is 410 g/mol. The number of nitrogens with two attached hydrogens (primary N) is 2. The highest BCUT2D eigenvalue weighted by atomic mass is 79.9. The third-order valence-corrected chi connectivity index (χ3v) is 4.81. The van der Waals surface area contributed by atoms with Crippen LogP contribution in [0.5, 0.6) is 0 Å². The van der Waals surface area contributed by atoms with Gasteiger partial charge in [-0.3, -0.25) is 0 Å². The molecule has 0 bridgehead atoms. The third kappa shape index (κ3) is 3.32. The van der Waals surface area contributed by atoms with E-state index in [2.05, 4.69) is 37.2 Å². The molecule has 0 aliphatic rings. The van der Waals surface area contributed by atoms with Gasteiger partial charge in [0.15, 0.2) is 0 Å². The van der Waals surface area contributed by atoms with Gasteiger partial charge in [-0.1, -0.05) is 6.07 Å². The Labute approximate surface area is 133 Å². The number of rotatable bonds is 3. The largest absolute Gasteiger partial charge is 0.397 e. The zero-order valence-corrected chi connectivity index (χ0v) is 14.1. The van der Waals surface area contributed by atoms with Gasteiger partial charge in [-0.2, -0.15) is 0 Å². The van der Waals surface area contributed by atoms with Gasteiger partial charge >= 0.3 is 0 Å². The Morgan fingerprint density at radius 3 is 2.15 bits per heavy atom. The lowest BCUT2D eigenvalue weighted by Gasteiger charge is -2.13. The van der Waals surface area contributed by atoms with Crippen LogP contribution in [0.2, 0.25) is 0 Å². The predicted molar refractivity (Wildman–Crippen MR) is 87.4 cm³/mol. The van der Waals surface area contributed by atoms with Gasteiger partial charge in [0.2, 0.25) is 10.0 Å². The summed E-state index contributed by atoms with van der Waals surface area (Å²) in [6.45, 7) is 0. The molecule has 5 N–H and O–H groups in total. The van der Waals surface area contributed by atoms with E-state index in [1.807, 2.05) is 18.2 Å². The number of benzene rings is 2. The molecule has 2 aromatic rings. The maximum Gasteiger partial charge on any atom is 0.238 e. The molecule has 2 rings (SSSR count). The maximum atomic E-state index is 11.2. The molecule has 0 heterocycles. The van der Waals surface area contributed by atoms with E-state index in [9.17, 15) is 8.42 Å². The van der Waals surface area contributed by atoms with E-state index in [4.69, 9.17) is 10.9 Å². The number of halogens is 2. The molecule has 0 amide bonds. The van der Waals surface area contributed by atoms with Crippen LogP contribution in [-0.4, -0.2) is 8.42 Å². The van der Waals surface area contributed by atoms with Crippen molar-refractivity contribution in [3.8, 4) is 0 Å². The Bertz CT molecular complexity index is 743. The van der Waals surface area contributed by atoms with Gasteiger partial charge in [0, 0.05) is 8.95 Å². The minimum absolute atomic E-state index is 0.0215. The number of nitrogen functional groups attached to an aromatic ring is 1. The van der Waals surface area contributed by atoms with E-state index in [0.717, 1.165) is 14.6 Å². The average Bonchev–Trinajstić information content (AvgIpc) is 2.34. The summed E-state index contributed by atoms with van der Waals surface area (Å²) in [7, 11) is -3.76. The number of nitrogens with one attached hydrogen (secondary N) is 1. The van der Waals surface area contributed by atoms with Crippen molar-refractivity contribution in [1.29, 1.82) is 0 Å². The minimum Gasteiger partial charge on any atom is -0.397 e. The molecule has 0 fully saturated rings. The number of primary sulfonamides is 1. The second-order valence-corrected chi connectivity index (χ2v) is 7.29. The monoisotopic (exact) mass is 419 g/mol. The fourth-order valence-corrected chi connectivity index (χ4v) is 3.33. The van der Waals surface area contributed by atoms with Gasteiger partial charge in [0.1, 0.15) is 0 Å². The fourth-order valence-electron chi connectivity index (χ4n) is 1.58. The summed E-state index contributed by atoms with van der Waals surface area (Å²) in [4.78, 5) is -0.0215. The molecule has 5 nitrogen and oxygen atoms in total. The van der Waals surface area contributed by atoms with Gasteiger partial charge in [0.05, 0.1) is 22.0 Å². The van der Waals surface area contributed by atoms with Crippen molar-refractivity contribution in [1.82, 2.24) is 0 Å². The van der Waals surface area contributed by atoms with Crippen molar-refractivity contribution < 1.29 is 8.42 Å². The summed E-state index contributed by atoms with van der Waals surface area (Å²) in [5, 5.41) is 8.19. The standard InChI is InChI=1S/C12H11Br2N3O2S/c13-8-2-1-3-9(14)12(8)17-11-5-4-7(6-10(11)15)20(16,18)19/h1-6,17H,15H2,(H2,16,18,19). The number of hydrogen-bond donors (Lipinski definition) is 3. The van der Waals surface area contributed by atoms with E-state index in [-0.39, 0.29) is 4.90 Å². The van der Waals surface area contributed by atoms with Gasteiger partial charge < -0.3 is 11.1 Å². The smallest absolute Gasteiger partial charge is 0.238 e. The van der Waals surface area contributed by atoms with Gasteiger partial charge in [-0.25, -0.2) is 13.6 Å².